The van der Waals surface area contributed by atoms with Gasteiger partial charge in [0.15, 0.2) is 0 Å². The van der Waals surface area contributed by atoms with Gasteiger partial charge in [0.2, 0.25) is 5.82 Å². The molecule has 96 valence electrons. The van der Waals surface area contributed by atoms with Crippen LogP contribution in [0.4, 0.5) is 11.5 Å². The predicted octanol–water partition coefficient (Wildman–Crippen LogP) is -0.344. The summed E-state index contributed by atoms with van der Waals surface area (Å²) in [5.74, 6) is 0.194. The van der Waals surface area contributed by atoms with Crippen molar-refractivity contribution in [3.8, 4) is 0 Å². The number of nitrogens with zero attached hydrogens (tertiary/aromatic N) is 3. The Labute approximate surface area is 98.0 Å². The van der Waals surface area contributed by atoms with Crippen molar-refractivity contribution in [2.45, 2.75) is 19.4 Å². The number of aliphatic hydroxyl groups is 2. The van der Waals surface area contributed by atoms with Crippen molar-refractivity contribution in [2.24, 2.45) is 7.05 Å². The van der Waals surface area contributed by atoms with Gasteiger partial charge in [-0.3, -0.25) is 10.1 Å². The Bertz CT molecular complexity index is 400. The van der Waals surface area contributed by atoms with Crippen LogP contribution in [0.15, 0.2) is 0 Å². The second kappa shape index (κ2) is 5.60. The maximum Gasteiger partial charge on any atom is 0.333 e. The lowest BCUT2D eigenvalue weighted by Crippen LogP contribution is -2.29. The second-order valence-corrected chi connectivity index (χ2v) is 3.58. The molecule has 0 unspecified atom stereocenters. The molecular formula is C9H16N4O4. The summed E-state index contributed by atoms with van der Waals surface area (Å²) >= 11 is 0. The standard InChI is InChI=1S/C9H16N4O4/c1-3-7-8(13(16)17)9(12(2)11-7)10-6(4-14)5-15/h6,10,14-15H,3-5H2,1-2H3. The van der Waals surface area contributed by atoms with E-state index in [1.165, 1.54) is 4.68 Å². The van der Waals surface area contributed by atoms with E-state index >= 15 is 0 Å². The van der Waals surface area contributed by atoms with E-state index in [0.29, 0.717) is 12.1 Å². The molecule has 0 aliphatic carbocycles. The van der Waals surface area contributed by atoms with Crippen molar-refractivity contribution >= 4 is 11.5 Å². The lowest BCUT2D eigenvalue weighted by Gasteiger charge is -2.13. The summed E-state index contributed by atoms with van der Waals surface area (Å²) in [6.45, 7) is 1.13. The van der Waals surface area contributed by atoms with Crippen LogP contribution in [0.2, 0.25) is 0 Å². The van der Waals surface area contributed by atoms with Crippen LogP contribution < -0.4 is 5.32 Å². The number of nitro groups is 1. The summed E-state index contributed by atoms with van der Waals surface area (Å²) in [6.07, 6.45) is 0.439. The predicted molar refractivity (Wildman–Crippen MR) is 60.8 cm³/mol. The zero-order chi connectivity index (χ0) is 13.0. The fourth-order valence-electron chi connectivity index (χ4n) is 1.50. The molecule has 0 spiro atoms. The van der Waals surface area contributed by atoms with Gasteiger partial charge in [0.05, 0.1) is 24.2 Å². The average Bonchev–Trinajstić information content (AvgIpc) is 2.62. The fourth-order valence-corrected chi connectivity index (χ4v) is 1.50. The molecule has 0 saturated heterocycles. The smallest absolute Gasteiger partial charge is 0.333 e. The third kappa shape index (κ3) is 2.71. The Kier molecular flexibility index (Phi) is 4.41. The van der Waals surface area contributed by atoms with Crippen molar-refractivity contribution in [3.63, 3.8) is 0 Å². The van der Waals surface area contributed by atoms with Crippen molar-refractivity contribution in [1.82, 2.24) is 9.78 Å². The van der Waals surface area contributed by atoms with Crippen LogP contribution in [0, 0.1) is 10.1 Å². The van der Waals surface area contributed by atoms with Crippen LogP contribution in [-0.4, -0.2) is 44.2 Å². The Morgan fingerprint density at radius 1 is 1.53 bits per heavy atom. The fraction of sp³-hybridized carbons (Fsp3) is 0.667. The molecule has 17 heavy (non-hydrogen) atoms. The van der Waals surface area contributed by atoms with Crippen molar-refractivity contribution in [2.75, 3.05) is 18.5 Å². The topological polar surface area (TPSA) is 113 Å². The number of hydrogen-bond acceptors (Lipinski definition) is 6. The molecule has 0 atom stereocenters. The summed E-state index contributed by atoms with van der Waals surface area (Å²) in [6, 6.07) is -0.645. The molecule has 1 aromatic heterocycles. The summed E-state index contributed by atoms with van der Waals surface area (Å²) in [5, 5.41) is 35.6. The maximum absolute atomic E-state index is 11.0. The molecule has 0 aromatic carbocycles. The lowest BCUT2D eigenvalue weighted by atomic mass is 10.2. The quantitative estimate of drug-likeness (QED) is 0.466. The van der Waals surface area contributed by atoms with Gasteiger partial charge in [0, 0.05) is 7.05 Å². The minimum atomic E-state index is -0.645. The minimum absolute atomic E-state index is 0.109. The van der Waals surface area contributed by atoms with E-state index < -0.39 is 11.0 Å². The van der Waals surface area contributed by atoms with Crippen molar-refractivity contribution in [1.29, 1.82) is 0 Å². The Hall–Kier alpha value is -1.67. The molecule has 0 amide bonds. The zero-order valence-corrected chi connectivity index (χ0v) is 9.75. The van der Waals surface area contributed by atoms with E-state index in [-0.39, 0.29) is 24.7 Å². The molecule has 1 rings (SSSR count). The molecule has 0 radical (unpaired) electrons. The highest BCUT2D eigenvalue weighted by molar-refractivity contribution is 5.60. The third-order valence-corrected chi connectivity index (χ3v) is 2.39. The first kappa shape index (κ1) is 13.4. The van der Waals surface area contributed by atoms with Crippen LogP contribution >= 0.6 is 0 Å². The monoisotopic (exact) mass is 244 g/mol. The number of anilines is 1. The van der Waals surface area contributed by atoms with Gasteiger partial charge in [-0.1, -0.05) is 6.92 Å². The molecule has 0 saturated carbocycles. The summed E-state index contributed by atoms with van der Waals surface area (Å²) in [5.41, 5.74) is 0.261. The molecule has 0 fully saturated rings. The van der Waals surface area contributed by atoms with Gasteiger partial charge in [-0.15, -0.1) is 0 Å². The minimum Gasteiger partial charge on any atom is -0.394 e. The normalized spacial score (nSPS) is 10.9. The number of hydrogen-bond donors (Lipinski definition) is 3. The van der Waals surface area contributed by atoms with Gasteiger partial charge in [-0.2, -0.15) is 5.10 Å². The average molecular weight is 244 g/mol. The SMILES string of the molecule is CCc1nn(C)c(NC(CO)CO)c1[N+](=O)[O-]. The Balaban J connectivity index is 3.12. The van der Waals surface area contributed by atoms with E-state index in [0.717, 1.165) is 0 Å². The van der Waals surface area contributed by atoms with Crippen LogP contribution in [-0.2, 0) is 13.5 Å². The summed E-state index contributed by atoms with van der Waals surface area (Å²) < 4.78 is 1.34. The first-order chi connectivity index (χ1) is 8.04. The maximum atomic E-state index is 11.0. The second-order valence-electron chi connectivity index (χ2n) is 3.58. The number of rotatable bonds is 6. The largest absolute Gasteiger partial charge is 0.394 e. The lowest BCUT2D eigenvalue weighted by molar-refractivity contribution is -0.384. The molecule has 3 N–H and O–H groups in total. The first-order valence-electron chi connectivity index (χ1n) is 5.23. The van der Waals surface area contributed by atoms with Crippen LogP contribution in [0.3, 0.4) is 0 Å². The van der Waals surface area contributed by atoms with Crippen LogP contribution in [0.25, 0.3) is 0 Å². The van der Waals surface area contributed by atoms with E-state index in [2.05, 4.69) is 10.4 Å². The zero-order valence-electron chi connectivity index (χ0n) is 9.75. The van der Waals surface area contributed by atoms with Gasteiger partial charge in [0.25, 0.3) is 0 Å². The van der Waals surface area contributed by atoms with Crippen LogP contribution in [0.5, 0.6) is 0 Å². The third-order valence-electron chi connectivity index (χ3n) is 2.39. The van der Waals surface area contributed by atoms with E-state index in [9.17, 15) is 10.1 Å². The number of nitrogens with one attached hydrogen (secondary N) is 1. The van der Waals surface area contributed by atoms with Crippen LogP contribution in [0.1, 0.15) is 12.6 Å². The van der Waals surface area contributed by atoms with E-state index in [1.807, 2.05) is 0 Å². The van der Waals surface area contributed by atoms with Gasteiger partial charge in [-0.25, -0.2) is 4.68 Å². The summed E-state index contributed by atoms with van der Waals surface area (Å²) in [7, 11) is 1.57. The van der Waals surface area contributed by atoms with Gasteiger partial charge >= 0.3 is 5.69 Å². The molecule has 0 aliphatic heterocycles. The molecule has 0 aliphatic rings. The van der Waals surface area contributed by atoms with E-state index in [1.54, 1.807) is 14.0 Å². The van der Waals surface area contributed by atoms with E-state index in [4.69, 9.17) is 10.2 Å². The van der Waals surface area contributed by atoms with Gasteiger partial charge in [-0.05, 0) is 6.42 Å². The molecule has 1 aromatic rings. The van der Waals surface area contributed by atoms with Crippen molar-refractivity contribution in [3.05, 3.63) is 15.8 Å². The number of aryl methyl sites for hydroxylation is 2. The Morgan fingerprint density at radius 3 is 2.53 bits per heavy atom. The molecule has 1 heterocycles. The molecule has 8 nitrogen and oxygen atoms in total. The van der Waals surface area contributed by atoms with Gasteiger partial charge < -0.3 is 15.5 Å². The highest BCUT2D eigenvalue weighted by atomic mass is 16.6. The number of aromatic nitrogens is 2. The summed E-state index contributed by atoms with van der Waals surface area (Å²) in [4.78, 5) is 10.4. The highest BCUT2D eigenvalue weighted by Crippen LogP contribution is 2.28. The first-order valence-corrected chi connectivity index (χ1v) is 5.23. The molecular weight excluding hydrogens is 228 g/mol. The number of aliphatic hydroxyl groups excluding tert-OH is 2. The highest BCUT2D eigenvalue weighted by Gasteiger charge is 2.26. The van der Waals surface area contributed by atoms with Gasteiger partial charge in [0.1, 0.15) is 5.69 Å². The molecule has 8 heteroatoms. The van der Waals surface area contributed by atoms with Crippen molar-refractivity contribution < 1.29 is 15.1 Å². The Morgan fingerprint density at radius 2 is 2.12 bits per heavy atom. The molecule has 0 bridgehead atoms.